The highest BCUT2D eigenvalue weighted by Crippen LogP contribution is 2.51. The molecule has 2 saturated carbocycles. The number of rotatable bonds is 5. The maximum absolute atomic E-state index is 13.2. The zero-order valence-electron chi connectivity index (χ0n) is 18.7. The summed E-state index contributed by atoms with van der Waals surface area (Å²) < 4.78 is 40.4. The molecule has 2 aliphatic rings. The third-order valence-electron chi connectivity index (χ3n) is 6.86. The number of hydrogen-bond acceptors (Lipinski definition) is 7. The van der Waals surface area contributed by atoms with Crippen molar-refractivity contribution in [2.75, 3.05) is 5.32 Å². The lowest BCUT2D eigenvalue weighted by Gasteiger charge is -2.32. The van der Waals surface area contributed by atoms with Crippen LogP contribution in [0.15, 0.2) is 30.5 Å². The van der Waals surface area contributed by atoms with E-state index in [4.69, 9.17) is 5.73 Å². The summed E-state index contributed by atoms with van der Waals surface area (Å²) in [5.41, 5.74) is 3.80. The SMILES string of the molecule is NC(=O)Nc1ccc(-c2nc(C3([N+](=O)[O-])CC4CCC(C3)C4=O)c3cnn(CC(F)(F)F)c3n2)cc1. The summed E-state index contributed by atoms with van der Waals surface area (Å²) in [6, 6.07) is 5.21. The number of hydrogen-bond donors (Lipinski definition) is 2. The van der Waals surface area contributed by atoms with Crippen molar-refractivity contribution in [1.29, 1.82) is 0 Å². The number of amides is 2. The number of urea groups is 1. The van der Waals surface area contributed by atoms with E-state index in [0.29, 0.717) is 28.8 Å². The molecule has 0 aliphatic heterocycles. The van der Waals surface area contributed by atoms with Gasteiger partial charge in [0.15, 0.2) is 11.5 Å². The van der Waals surface area contributed by atoms with E-state index in [0.717, 1.165) is 6.20 Å². The molecule has 0 radical (unpaired) electrons. The van der Waals surface area contributed by atoms with Crippen LogP contribution < -0.4 is 11.1 Å². The molecule has 0 spiro atoms. The Morgan fingerprint density at radius 1 is 1.19 bits per heavy atom. The van der Waals surface area contributed by atoms with Crippen LogP contribution >= 0.6 is 0 Å². The van der Waals surface area contributed by atoms with Crippen LogP contribution in [-0.2, 0) is 16.9 Å². The van der Waals surface area contributed by atoms with E-state index in [-0.39, 0.29) is 41.2 Å². The Kier molecular flexibility index (Phi) is 5.41. The first-order chi connectivity index (χ1) is 17.0. The molecule has 2 amide bonds. The molecule has 14 heteroatoms. The molecule has 5 rings (SSSR count). The number of alkyl halides is 3. The maximum atomic E-state index is 13.2. The number of carbonyl (C=O) groups is 2. The molecule has 188 valence electrons. The highest BCUT2D eigenvalue weighted by molar-refractivity contribution is 5.89. The average molecular weight is 503 g/mol. The molecular formula is C22H20F3N7O4. The van der Waals surface area contributed by atoms with Crippen LogP contribution in [0.3, 0.4) is 0 Å². The number of benzene rings is 1. The standard InChI is InChI=1S/C22H20F3N7O4/c23-22(24,25)10-31-19-15(9-27-31)17(21(32(35)36)7-12-1-2-13(8-21)16(12)33)29-18(30-19)11-3-5-14(6-4-11)28-20(26)34/h3-6,9,12-13H,1-2,7-8,10H2,(H3,26,28,34). The van der Waals surface area contributed by atoms with Gasteiger partial charge in [-0.3, -0.25) is 14.9 Å². The van der Waals surface area contributed by atoms with Crippen molar-refractivity contribution in [3.8, 4) is 11.4 Å². The van der Waals surface area contributed by atoms with Crippen molar-refractivity contribution in [2.45, 2.75) is 43.9 Å². The number of nitrogens with zero attached hydrogens (tertiary/aromatic N) is 5. The number of nitrogens with one attached hydrogen (secondary N) is 1. The van der Waals surface area contributed by atoms with Gasteiger partial charge in [0, 0.05) is 40.9 Å². The van der Waals surface area contributed by atoms with Gasteiger partial charge in [-0.1, -0.05) is 0 Å². The summed E-state index contributed by atoms with van der Waals surface area (Å²) in [4.78, 5) is 44.5. The van der Waals surface area contributed by atoms with Gasteiger partial charge < -0.3 is 11.1 Å². The van der Waals surface area contributed by atoms with E-state index in [9.17, 15) is 32.9 Å². The second kappa shape index (κ2) is 8.24. The number of anilines is 1. The number of fused-ring (bicyclic) bond motifs is 3. The fourth-order valence-electron chi connectivity index (χ4n) is 5.32. The van der Waals surface area contributed by atoms with Gasteiger partial charge in [-0.05, 0) is 37.1 Å². The molecule has 36 heavy (non-hydrogen) atoms. The zero-order valence-corrected chi connectivity index (χ0v) is 18.7. The van der Waals surface area contributed by atoms with Crippen LogP contribution in [0.1, 0.15) is 31.4 Å². The summed E-state index contributed by atoms with van der Waals surface area (Å²) in [6.07, 6.45) is -2.61. The smallest absolute Gasteiger partial charge is 0.351 e. The first-order valence-corrected chi connectivity index (χ1v) is 11.1. The van der Waals surface area contributed by atoms with Gasteiger partial charge in [0.05, 0.1) is 11.6 Å². The number of primary amides is 1. The minimum atomic E-state index is -4.61. The number of Topliss-reactive ketones (excluding diaryl/α,β-unsaturated/α-hetero) is 1. The second-order valence-electron chi connectivity index (χ2n) is 9.19. The lowest BCUT2D eigenvalue weighted by molar-refractivity contribution is -0.585. The molecule has 2 atom stereocenters. The lowest BCUT2D eigenvalue weighted by atomic mass is 9.72. The van der Waals surface area contributed by atoms with Gasteiger partial charge in [-0.2, -0.15) is 18.3 Å². The van der Waals surface area contributed by atoms with Crippen molar-refractivity contribution in [2.24, 2.45) is 17.6 Å². The number of carbonyl (C=O) groups excluding carboxylic acids is 2. The average Bonchev–Trinajstić information content (AvgIpc) is 3.26. The van der Waals surface area contributed by atoms with Crippen molar-refractivity contribution < 1.29 is 27.7 Å². The van der Waals surface area contributed by atoms with E-state index in [2.05, 4.69) is 20.4 Å². The largest absolute Gasteiger partial charge is 0.408 e. The second-order valence-corrected chi connectivity index (χ2v) is 9.19. The monoisotopic (exact) mass is 503 g/mol. The summed E-state index contributed by atoms with van der Waals surface area (Å²) in [6.45, 7) is -1.44. The number of ketones is 1. The molecule has 2 aliphatic carbocycles. The Bertz CT molecular complexity index is 1370. The highest BCUT2D eigenvalue weighted by atomic mass is 19.4. The first kappa shape index (κ1) is 23.6. The Morgan fingerprint density at radius 3 is 2.39 bits per heavy atom. The van der Waals surface area contributed by atoms with Crippen LogP contribution in [0.4, 0.5) is 23.7 Å². The van der Waals surface area contributed by atoms with Gasteiger partial charge in [0.2, 0.25) is 0 Å². The van der Waals surface area contributed by atoms with Crippen LogP contribution in [0.25, 0.3) is 22.4 Å². The molecule has 2 aromatic heterocycles. The molecule has 3 N–H and O–H groups in total. The van der Waals surface area contributed by atoms with Crippen LogP contribution in [0.2, 0.25) is 0 Å². The normalized spacial score (nSPS) is 23.7. The fourth-order valence-corrected chi connectivity index (χ4v) is 5.32. The van der Waals surface area contributed by atoms with Gasteiger partial charge >= 0.3 is 12.2 Å². The van der Waals surface area contributed by atoms with E-state index < -0.39 is 41.1 Å². The number of nitrogens with two attached hydrogens (primary N) is 1. The molecule has 3 aromatic rings. The number of aromatic nitrogens is 4. The number of halogens is 3. The van der Waals surface area contributed by atoms with Crippen molar-refractivity contribution >= 4 is 28.5 Å². The van der Waals surface area contributed by atoms with E-state index in [1.165, 1.54) is 24.3 Å². The lowest BCUT2D eigenvalue weighted by Crippen LogP contribution is -2.45. The molecule has 2 fully saturated rings. The topological polar surface area (TPSA) is 159 Å². The molecular weight excluding hydrogens is 483 g/mol. The quantitative estimate of drug-likeness (QED) is 0.399. The predicted molar refractivity (Wildman–Crippen MR) is 119 cm³/mol. The van der Waals surface area contributed by atoms with Crippen LogP contribution in [0, 0.1) is 22.0 Å². The minimum absolute atomic E-state index is 0.0108. The molecule has 11 nitrogen and oxygen atoms in total. The summed E-state index contributed by atoms with van der Waals surface area (Å²) in [7, 11) is 0. The third-order valence-corrected chi connectivity index (χ3v) is 6.86. The molecule has 2 unspecified atom stereocenters. The third kappa shape index (κ3) is 4.01. The Balaban J connectivity index is 1.70. The summed E-state index contributed by atoms with van der Waals surface area (Å²) in [5, 5.41) is 18.8. The highest BCUT2D eigenvalue weighted by Gasteiger charge is 2.59. The molecule has 0 saturated heterocycles. The first-order valence-electron chi connectivity index (χ1n) is 11.1. The van der Waals surface area contributed by atoms with Crippen LogP contribution in [-0.4, -0.2) is 42.7 Å². The van der Waals surface area contributed by atoms with Crippen LogP contribution in [0.5, 0.6) is 0 Å². The van der Waals surface area contributed by atoms with E-state index in [1.54, 1.807) is 0 Å². The predicted octanol–water partition coefficient (Wildman–Crippen LogP) is 3.41. The Morgan fingerprint density at radius 2 is 1.83 bits per heavy atom. The Hall–Kier alpha value is -4.10. The van der Waals surface area contributed by atoms with Gasteiger partial charge in [0.25, 0.3) is 5.54 Å². The molecule has 1 aromatic carbocycles. The van der Waals surface area contributed by atoms with Crippen molar-refractivity contribution in [3.05, 3.63) is 46.3 Å². The van der Waals surface area contributed by atoms with E-state index >= 15 is 0 Å². The van der Waals surface area contributed by atoms with Gasteiger partial charge in [-0.25, -0.2) is 19.4 Å². The van der Waals surface area contributed by atoms with Crippen molar-refractivity contribution in [1.82, 2.24) is 19.7 Å². The molecule has 2 heterocycles. The minimum Gasteiger partial charge on any atom is -0.351 e. The summed E-state index contributed by atoms with van der Waals surface area (Å²) in [5.74, 6) is -1.07. The van der Waals surface area contributed by atoms with Crippen molar-refractivity contribution in [3.63, 3.8) is 0 Å². The fraction of sp³-hybridized carbons (Fsp3) is 0.409. The van der Waals surface area contributed by atoms with Gasteiger partial charge in [0.1, 0.15) is 18.0 Å². The summed E-state index contributed by atoms with van der Waals surface area (Å²) >= 11 is 0. The Labute approximate surface area is 201 Å². The van der Waals surface area contributed by atoms with Gasteiger partial charge in [-0.15, -0.1) is 0 Å². The maximum Gasteiger partial charge on any atom is 0.408 e. The number of nitro groups is 1. The zero-order chi connectivity index (χ0) is 25.8. The molecule has 2 bridgehead atoms. The van der Waals surface area contributed by atoms with E-state index in [1.807, 2.05) is 0 Å².